The molecule has 4 nitrogen and oxygen atoms in total. The van der Waals surface area contributed by atoms with Gasteiger partial charge in [-0.25, -0.2) is 0 Å². The van der Waals surface area contributed by atoms with Gasteiger partial charge in [0, 0.05) is 11.5 Å². The zero-order chi connectivity index (χ0) is 11.0. The summed E-state index contributed by atoms with van der Waals surface area (Å²) in [5.41, 5.74) is 2.17. The van der Waals surface area contributed by atoms with Gasteiger partial charge in [0.2, 0.25) is 0 Å². The van der Waals surface area contributed by atoms with Gasteiger partial charge in [-0.1, -0.05) is 17.3 Å². The average Bonchev–Trinajstić information content (AvgIpc) is 2.72. The summed E-state index contributed by atoms with van der Waals surface area (Å²) in [6, 6.07) is 11.1. The minimum absolute atomic E-state index is 0.695. The molecule has 0 aliphatic carbocycles. The minimum Gasteiger partial charge on any atom is -0.619 e. The van der Waals surface area contributed by atoms with Crippen LogP contribution in [0.25, 0.3) is 22.2 Å². The van der Waals surface area contributed by atoms with E-state index in [1.807, 2.05) is 30.3 Å². The van der Waals surface area contributed by atoms with E-state index in [0.29, 0.717) is 5.69 Å². The summed E-state index contributed by atoms with van der Waals surface area (Å²) in [6.45, 7) is 0. The quantitative estimate of drug-likeness (QED) is 0.458. The summed E-state index contributed by atoms with van der Waals surface area (Å²) in [5.74, 6) is 0. The van der Waals surface area contributed by atoms with Crippen LogP contribution in [-0.4, -0.2) is 5.16 Å². The molecule has 0 N–H and O–H groups in total. The molecule has 0 unspecified atom stereocenters. The van der Waals surface area contributed by atoms with Gasteiger partial charge in [0.05, 0.1) is 5.56 Å². The van der Waals surface area contributed by atoms with Crippen LogP contribution in [0, 0.1) is 5.21 Å². The maximum atomic E-state index is 11.2. The number of hydrogen-bond acceptors (Lipinski definition) is 3. The molecule has 0 spiro atoms. The monoisotopic (exact) mass is 212 g/mol. The lowest BCUT2D eigenvalue weighted by Gasteiger charge is -1.97. The van der Waals surface area contributed by atoms with E-state index in [1.54, 1.807) is 6.07 Å². The van der Waals surface area contributed by atoms with Crippen molar-refractivity contribution in [3.63, 3.8) is 0 Å². The van der Waals surface area contributed by atoms with Crippen LogP contribution < -0.4 is 4.73 Å². The fourth-order valence-electron chi connectivity index (χ4n) is 1.69. The van der Waals surface area contributed by atoms with E-state index in [2.05, 4.69) is 5.16 Å². The first-order valence-electron chi connectivity index (χ1n) is 4.88. The van der Waals surface area contributed by atoms with Crippen molar-refractivity contribution in [2.24, 2.45) is 0 Å². The number of fused-ring (bicyclic) bond motifs is 1. The zero-order valence-corrected chi connectivity index (χ0v) is 8.33. The molecule has 4 heteroatoms. The number of benzene rings is 1. The zero-order valence-electron chi connectivity index (χ0n) is 8.33. The van der Waals surface area contributed by atoms with Crippen molar-refractivity contribution in [1.29, 1.82) is 0 Å². The molecule has 78 valence electrons. The summed E-state index contributed by atoms with van der Waals surface area (Å²) >= 11 is 0. The minimum atomic E-state index is 0.695. The normalized spacial score (nSPS) is 10.8. The average molecular weight is 212 g/mol. The van der Waals surface area contributed by atoms with Crippen LogP contribution in [0.3, 0.4) is 0 Å². The number of pyridine rings is 1. The smallest absolute Gasteiger partial charge is 0.189 e. The standard InChI is InChI=1S/C12H8N2O2/c15-14-7-3-4-9(8-14)12-10-5-1-2-6-11(10)16-13-12/h1-8H. The van der Waals surface area contributed by atoms with Gasteiger partial charge in [0.25, 0.3) is 0 Å². The third-order valence-electron chi connectivity index (χ3n) is 2.43. The topological polar surface area (TPSA) is 53.0 Å². The van der Waals surface area contributed by atoms with Gasteiger partial charge in [-0.15, -0.1) is 0 Å². The molecule has 16 heavy (non-hydrogen) atoms. The molecule has 2 heterocycles. The maximum Gasteiger partial charge on any atom is 0.189 e. The molecule has 0 fully saturated rings. The van der Waals surface area contributed by atoms with Crippen LogP contribution in [0.15, 0.2) is 53.3 Å². The van der Waals surface area contributed by atoms with Crippen molar-refractivity contribution in [2.75, 3.05) is 0 Å². The molecule has 0 saturated heterocycles. The van der Waals surface area contributed by atoms with Gasteiger partial charge in [-0.05, 0) is 18.2 Å². The first-order chi connectivity index (χ1) is 7.84. The summed E-state index contributed by atoms with van der Waals surface area (Å²) in [6.07, 6.45) is 2.91. The summed E-state index contributed by atoms with van der Waals surface area (Å²) in [4.78, 5) is 0. The summed E-state index contributed by atoms with van der Waals surface area (Å²) < 4.78 is 5.93. The molecule has 0 saturated carbocycles. The van der Waals surface area contributed by atoms with E-state index >= 15 is 0 Å². The van der Waals surface area contributed by atoms with Crippen LogP contribution in [-0.2, 0) is 0 Å². The molecule has 0 aliphatic rings. The van der Waals surface area contributed by atoms with Crippen LogP contribution in [0.2, 0.25) is 0 Å². The highest BCUT2D eigenvalue weighted by molar-refractivity contribution is 5.90. The van der Waals surface area contributed by atoms with Crippen LogP contribution in [0.5, 0.6) is 0 Å². The van der Waals surface area contributed by atoms with Crippen LogP contribution in [0.1, 0.15) is 0 Å². The number of para-hydroxylation sites is 1. The Balaban J connectivity index is 2.26. The molecule has 2 aromatic heterocycles. The highest BCUT2D eigenvalue weighted by Gasteiger charge is 2.11. The molecule has 0 amide bonds. The molecule has 3 rings (SSSR count). The fraction of sp³-hybridized carbons (Fsp3) is 0. The molecular weight excluding hydrogens is 204 g/mol. The van der Waals surface area contributed by atoms with Crippen molar-refractivity contribution in [2.45, 2.75) is 0 Å². The first kappa shape index (κ1) is 8.91. The second kappa shape index (κ2) is 3.34. The van der Waals surface area contributed by atoms with Crippen molar-refractivity contribution in [1.82, 2.24) is 5.16 Å². The Morgan fingerprint density at radius 2 is 2.00 bits per heavy atom. The van der Waals surface area contributed by atoms with Gasteiger partial charge < -0.3 is 9.73 Å². The Hall–Kier alpha value is -2.36. The van der Waals surface area contributed by atoms with Crippen molar-refractivity contribution in [3.8, 4) is 11.3 Å². The van der Waals surface area contributed by atoms with E-state index in [4.69, 9.17) is 4.52 Å². The Kier molecular flexibility index (Phi) is 1.86. The fourth-order valence-corrected chi connectivity index (χ4v) is 1.69. The van der Waals surface area contributed by atoms with Gasteiger partial charge in [0.1, 0.15) is 5.69 Å². The largest absolute Gasteiger partial charge is 0.619 e. The second-order valence-electron chi connectivity index (χ2n) is 3.48. The highest BCUT2D eigenvalue weighted by atomic mass is 16.5. The van der Waals surface area contributed by atoms with Crippen molar-refractivity contribution < 1.29 is 9.25 Å². The predicted molar refractivity (Wildman–Crippen MR) is 58.4 cm³/mol. The molecule has 0 aliphatic heterocycles. The molecular formula is C12H8N2O2. The van der Waals surface area contributed by atoms with Crippen molar-refractivity contribution >= 4 is 11.0 Å². The van der Waals surface area contributed by atoms with Gasteiger partial charge >= 0.3 is 0 Å². The van der Waals surface area contributed by atoms with Gasteiger partial charge in [-0.2, -0.15) is 4.73 Å². The van der Waals surface area contributed by atoms with Crippen LogP contribution in [0.4, 0.5) is 0 Å². The maximum absolute atomic E-state index is 11.2. The van der Waals surface area contributed by atoms with Gasteiger partial charge in [-0.3, -0.25) is 0 Å². The third kappa shape index (κ3) is 1.32. The lowest BCUT2D eigenvalue weighted by atomic mass is 10.1. The third-order valence-corrected chi connectivity index (χ3v) is 2.43. The molecule has 1 aromatic carbocycles. The Morgan fingerprint density at radius 3 is 2.88 bits per heavy atom. The Bertz CT molecular complexity index is 646. The molecule has 0 atom stereocenters. The number of aromatic nitrogens is 2. The van der Waals surface area contributed by atoms with E-state index in [0.717, 1.165) is 21.3 Å². The predicted octanol–water partition coefficient (Wildman–Crippen LogP) is 2.13. The Labute approximate surface area is 91.3 Å². The number of nitrogens with zero attached hydrogens (tertiary/aromatic N) is 2. The molecule has 0 bridgehead atoms. The van der Waals surface area contributed by atoms with Crippen LogP contribution >= 0.6 is 0 Å². The number of hydrogen-bond donors (Lipinski definition) is 0. The van der Waals surface area contributed by atoms with E-state index in [9.17, 15) is 5.21 Å². The summed E-state index contributed by atoms with van der Waals surface area (Å²) in [7, 11) is 0. The Morgan fingerprint density at radius 1 is 1.12 bits per heavy atom. The van der Waals surface area contributed by atoms with E-state index in [1.165, 1.54) is 12.4 Å². The molecule has 3 aromatic rings. The lowest BCUT2D eigenvalue weighted by molar-refractivity contribution is -0.604. The lowest BCUT2D eigenvalue weighted by Crippen LogP contribution is -2.23. The summed E-state index contributed by atoms with van der Waals surface area (Å²) in [5, 5.41) is 16.1. The second-order valence-corrected chi connectivity index (χ2v) is 3.48. The molecule has 0 radical (unpaired) electrons. The SMILES string of the molecule is [O-][n+]1cccc(-c2noc3ccccc23)c1. The van der Waals surface area contributed by atoms with E-state index in [-0.39, 0.29) is 0 Å². The number of rotatable bonds is 1. The first-order valence-corrected chi connectivity index (χ1v) is 4.88. The van der Waals surface area contributed by atoms with Crippen molar-refractivity contribution in [3.05, 3.63) is 54.0 Å². The highest BCUT2D eigenvalue weighted by Crippen LogP contribution is 2.26. The van der Waals surface area contributed by atoms with E-state index < -0.39 is 0 Å². The van der Waals surface area contributed by atoms with Gasteiger partial charge in [0.15, 0.2) is 18.0 Å².